The lowest BCUT2D eigenvalue weighted by Crippen LogP contribution is -2.19. The molecule has 0 saturated heterocycles. The van der Waals surface area contributed by atoms with Crippen molar-refractivity contribution < 1.29 is 4.74 Å². The highest BCUT2D eigenvalue weighted by Crippen LogP contribution is 2.28. The maximum Gasteiger partial charge on any atom is 0.146 e. The molecule has 2 aromatic rings. The first kappa shape index (κ1) is 16.3. The fourth-order valence-electron chi connectivity index (χ4n) is 1.86. The van der Waals surface area contributed by atoms with Gasteiger partial charge in [0.05, 0.1) is 6.20 Å². The molecule has 2 rings (SSSR count). The smallest absolute Gasteiger partial charge is 0.146 e. The van der Waals surface area contributed by atoms with E-state index in [2.05, 4.69) is 40.1 Å². The second-order valence-corrected chi connectivity index (χ2v) is 6.57. The molecule has 21 heavy (non-hydrogen) atoms. The average Bonchev–Trinajstić information content (AvgIpc) is 2.41. The van der Waals surface area contributed by atoms with Crippen molar-refractivity contribution in [2.75, 3.05) is 6.54 Å². The summed E-state index contributed by atoms with van der Waals surface area (Å²) in [4.78, 5) is 4.10. The van der Waals surface area contributed by atoms with Crippen LogP contribution in [0.25, 0.3) is 0 Å². The highest BCUT2D eigenvalue weighted by Gasteiger charge is 2.07. The summed E-state index contributed by atoms with van der Waals surface area (Å²) >= 11 is 9.47. The first-order valence-corrected chi connectivity index (χ1v) is 7.99. The molecule has 0 atom stereocenters. The normalized spacial score (nSPS) is 10.9. The van der Waals surface area contributed by atoms with Crippen LogP contribution in [0.4, 0.5) is 0 Å². The molecular formula is C16H18BrClN2O. The largest absolute Gasteiger partial charge is 0.455 e. The number of rotatable bonds is 6. The van der Waals surface area contributed by atoms with E-state index in [0.717, 1.165) is 28.9 Å². The molecule has 1 aromatic carbocycles. The van der Waals surface area contributed by atoms with Gasteiger partial charge in [-0.3, -0.25) is 4.98 Å². The van der Waals surface area contributed by atoms with E-state index in [9.17, 15) is 0 Å². The molecule has 0 amide bonds. The third-order valence-corrected chi connectivity index (χ3v) is 3.47. The van der Waals surface area contributed by atoms with Crippen LogP contribution in [0.1, 0.15) is 19.4 Å². The van der Waals surface area contributed by atoms with Crippen molar-refractivity contribution in [3.05, 3.63) is 51.7 Å². The van der Waals surface area contributed by atoms with E-state index in [1.54, 1.807) is 12.4 Å². The molecule has 112 valence electrons. The molecule has 0 unspecified atom stereocenters. The van der Waals surface area contributed by atoms with Crippen molar-refractivity contribution in [2.24, 2.45) is 5.92 Å². The van der Waals surface area contributed by atoms with Crippen molar-refractivity contribution >= 4 is 27.5 Å². The predicted octanol–water partition coefficient (Wildman–Crippen LogP) is 5.04. The maximum absolute atomic E-state index is 6.08. The summed E-state index contributed by atoms with van der Waals surface area (Å²) in [7, 11) is 0. The first-order chi connectivity index (χ1) is 10.0. The summed E-state index contributed by atoms with van der Waals surface area (Å²) in [5.41, 5.74) is 1.03. The van der Waals surface area contributed by atoms with E-state index in [1.807, 2.05) is 24.3 Å². The number of benzene rings is 1. The monoisotopic (exact) mass is 368 g/mol. The SMILES string of the molecule is CC(C)CNCc1cc(Cl)ccc1Oc1cncc(Br)c1. The van der Waals surface area contributed by atoms with Gasteiger partial charge < -0.3 is 10.1 Å². The molecule has 0 bridgehead atoms. The van der Waals surface area contributed by atoms with Crippen molar-refractivity contribution in [3.8, 4) is 11.5 Å². The van der Waals surface area contributed by atoms with Gasteiger partial charge in [-0.2, -0.15) is 0 Å². The maximum atomic E-state index is 6.08. The third kappa shape index (κ3) is 5.30. The van der Waals surface area contributed by atoms with Gasteiger partial charge in [-0.05, 0) is 52.7 Å². The van der Waals surface area contributed by atoms with E-state index in [1.165, 1.54) is 0 Å². The first-order valence-electron chi connectivity index (χ1n) is 6.82. The Kier molecular flexibility index (Phi) is 6.03. The van der Waals surface area contributed by atoms with Gasteiger partial charge in [-0.1, -0.05) is 25.4 Å². The van der Waals surface area contributed by atoms with Crippen LogP contribution in [0.2, 0.25) is 5.02 Å². The van der Waals surface area contributed by atoms with Crippen molar-refractivity contribution in [2.45, 2.75) is 20.4 Å². The zero-order valence-corrected chi connectivity index (χ0v) is 14.4. The highest BCUT2D eigenvalue weighted by atomic mass is 79.9. The van der Waals surface area contributed by atoms with Crippen LogP contribution in [-0.2, 0) is 6.54 Å². The van der Waals surface area contributed by atoms with E-state index >= 15 is 0 Å². The summed E-state index contributed by atoms with van der Waals surface area (Å²) in [5.74, 6) is 2.08. The lowest BCUT2D eigenvalue weighted by atomic mass is 10.1. The number of halogens is 2. The van der Waals surface area contributed by atoms with E-state index in [0.29, 0.717) is 16.7 Å². The summed E-state index contributed by atoms with van der Waals surface area (Å²) in [6.45, 7) is 6.02. The predicted molar refractivity (Wildman–Crippen MR) is 90.0 cm³/mol. The van der Waals surface area contributed by atoms with Crippen LogP contribution in [-0.4, -0.2) is 11.5 Å². The summed E-state index contributed by atoms with van der Waals surface area (Å²) < 4.78 is 6.79. The molecular weight excluding hydrogens is 352 g/mol. The molecule has 1 aromatic heterocycles. The Morgan fingerprint density at radius 2 is 2.10 bits per heavy atom. The van der Waals surface area contributed by atoms with Gasteiger partial charge in [0.15, 0.2) is 0 Å². The molecule has 0 radical (unpaired) electrons. The van der Waals surface area contributed by atoms with Crippen LogP contribution in [0.15, 0.2) is 41.1 Å². The lowest BCUT2D eigenvalue weighted by Gasteiger charge is -2.13. The number of hydrogen-bond donors (Lipinski definition) is 1. The zero-order valence-electron chi connectivity index (χ0n) is 12.1. The lowest BCUT2D eigenvalue weighted by molar-refractivity contribution is 0.467. The second kappa shape index (κ2) is 7.78. The average molecular weight is 370 g/mol. The molecule has 0 saturated carbocycles. The van der Waals surface area contributed by atoms with Gasteiger partial charge in [0.2, 0.25) is 0 Å². The topological polar surface area (TPSA) is 34.1 Å². The Balaban J connectivity index is 2.14. The van der Waals surface area contributed by atoms with Crippen molar-refractivity contribution in [3.63, 3.8) is 0 Å². The van der Waals surface area contributed by atoms with E-state index in [4.69, 9.17) is 16.3 Å². The van der Waals surface area contributed by atoms with Crippen LogP contribution in [0.3, 0.4) is 0 Å². The van der Waals surface area contributed by atoms with Crippen LogP contribution in [0, 0.1) is 5.92 Å². The number of ether oxygens (including phenoxy) is 1. The van der Waals surface area contributed by atoms with Gasteiger partial charge in [-0.25, -0.2) is 0 Å². The zero-order chi connectivity index (χ0) is 15.2. The quantitative estimate of drug-likeness (QED) is 0.775. The Hall–Kier alpha value is -1.10. The molecule has 0 aliphatic rings. The second-order valence-electron chi connectivity index (χ2n) is 5.22. The van der Waals surface area contributed by atoms with Crippen molar-refractivity contribution in [1.82, 2.24) is 10.3 Å². The van der Waals surface area contributed by atoms with Crippen LogP contribution < -0.4 is 10.1 Å². The fourth-order valence-corrected chi connectivity index (χ4v) is 2.39. The molecule has 1 N–H and O–H groups in total. The number of nitrogens with one attached hydrogen (secondary N) is 1. The minimum Gasteiger partial charge on any atom is -0.455 e. The van der Waals surface area contributed by atoms with Crippen LogP contribution >= 0.6 is 27.5 Å². The highest BCUT2D eigenvalue weighted by molar-refractivity contribution is 9.10. The number of nitrogens with zero attached hydrogens (tertiary/aromatic N) is 1. The summed E-state index contributed by atoms with van der Waals surface area (Å²) in [5, 5.41) is 4.11. The molecule has 0 aliphatic carbocycles. The fraction of sp³-hybridized carbons (Fsp3) is 0.312. The number of hydrogen-bond acceptors (Lipinski definition) is 3. The van der Waals surface area contributed by atoms with Gasteiger partial charge in [-0.15, -0.1) is 0 Å². The van der Waals surface area contributed by atoms with Gasteiger partial charge in [0.1, 0.15) is 11.5 Å². The molecule has 5 heteroatoms. The molecule has 1 heterocycles. The molecule has 3 nitrogen and oxygen atoms in total. The summed E-state index contributed by atoms with van der Waals surface area (Å²) in [6.07, 6.45) is 3.41. The number of pyridine rings is 1. The third-order valence-electron chi connectivity index (χ3n) is 2.80. The standard InChI is InChI=1S/C16H18BrClN2O/c1-11(2)7-19-8-12-5-14(18)3-4-16(12)21-15-6-13(17)9-20-10-15/h3-6,9-11,19H,7-8H2,1-2H3. The van der Waals surface area contributed by atoms with E-state index < -0.39 is 0 Å². The minimum absolute atomic E-state index is 0.600. The summed E-state index contributed by atoms with van der Waals surface area (Å²) in [6, 6.07) is 7.52. The van der Waals surface area contributed by atoms with E-state index in [-0.39, 0.29) is 0 Å². The van der Waals surface area contributed by atoms with Gasteiger partial charge >= 0.3 is 0 Å². The number of aromatic nitrogens is 1. The molecule has 0 spiro atoms. The Bertz CT molecular complexity index is 605. The molecule has 0 fully saturated rings. The van der Waals surface area contributed by atoms with Gasteiger partial charge in [0.25, 0.3) is 0 Å². The van der Waals surface area contributed by atoms with Gasteiger partial charge in [0, 0.05) is 27.8 Å². The Labute approximate surface area is 138 Å². The van der Waals surface area contributed by atoms with Crippen LogP contribution in [0.5, 0.6) is 11.5 Å². The molecule has 0 aliphatic heterocycles. The van der Waals surface area contributed by atoms with Crippen molar-refractivity contribution in [1.29, 1.82) is 0 Å². The Morgan fingerprint density at radius 1 is 1.29 bits per heavy atom. The Morgan fingerprint density at radius 3 is 2.81 bits per heavy atom. The minimum atomic E-state index is 0.600.